The van der Waals surface area contributed by atoms with Crippen molar-refractivity contribution in [1.29, 1.82) is 5.26 Å². The standard InChI is InChI=1S/C16H17N3O4/c1-10-13(15(20)23-8-4-7-17)14(19-16(21)18-10)11-5-3-6-12(9-11)22-2/h3,5-6,9,14H,4,8H2,1-2H3,(H2,18,19,21). The number of nitriles is 1. The summed E-state index contributed by atoms with van der Waals surface area (Å²) in [5, 5.41) is 13.8. The van der Waals surface area contributed by atoms with Gasteiger partial charge in [-0.2, -0.15) is 5.26 Å². The summed E-state index contributed by atoms with van der Waals surface area (Å²) in [4.78, 5) is 24.1. The first-order valence-electron chi connectivity index (χ1n) is 7.03. The molecule has 1 aromatic carbocycles. The van der Waals surface area contributed by atoms with Gasteiger partial charge in [0.05, 0.1) is 31.2 Å². The molecule has 1 aliphatic rings. The Hall–Kier alpha value is -3.01. The van der Waals surface area contributed by atoms with Gasteiger partial charge in [0.25, 0.3) is 0 Å². The van der Waals surface area contributed by atoms with Crippen LogP contribution in [-0.4, -0.2) is 25.7 Å². The SMILES string of the molecule is COc1cccc(C2NC(=O)NC(C)=C2C(=O)OCCC#N)c1. The quantitative estimate of drug-likeness (QED) is 0.637. The van der Waals surface area contributed by atoms with Crippen molar-refractivity contribution < 1.29 is 19.1 Å². The zero-order chi connectivity index (χ0) is 16.8. The predicted molar refractivity (Wildman–Crippen MR) is 81.3 cm³/mol. The van der Waals surface area contributed by atoms with Gasteiger partial charge < -0.3 is 20.1 Å². The van der Waals surface area contributed by atoms with Crippen molar-refractivity contribution in [2.75, 3.05) is 13.7 Å². The maximum Gasteiger partial charge on any atom is 0.338 e. The Bertz CT molecular complexity index is 691. The van der Waals surface area contributed by atoms with Crippen molar-refractivity contribution in [3.8, 4) is 11.8 Å². The highest BCUT2D eigenvalue weighted by atomic mass is 16.5. The fourth-order valence-corrected chi connectivity index (χ4v) is 2.30. The van der Waals surface area contributed by atoms with E-state index in [2.05, 4.69) is 10.6 Å². The number of hydrogen-bond donors (Lipinski definition) is 2. The van der Waals surface area contributed by atoms with Gasteiger partial charge in [-0.3, -0.25) is 0 Å². The average Bonchev–Trinajstić information content (AvgIpc) is 2.54. The van der Waals surface area contributed by atoms with Crippen LogP contribution in [-0.2, 0) is 9.53 Å². The molecule has 0 bridgehead atoms. The third-order valence-electron chi connectivity index (χ3n) is 3.36. The summed E-state index contributed by atoms with van der Waals surface area (Å²) in [7, 11) is 1.54. The molecular formula is C16H17N3O4. The zero-order valence-corrected chi connectivity index (χ0v) is 12.9. The highest BCUT2D eigenvalue weighted by Crippen LogP contribution is 2.29. The summed E-state index contributed by atoms with van der Waals surface area (Å²) >= 11 is 0. The number of hydrogen-bond acceptors (Lipinski definition) is 5. The molecule has 23 heavy (non-hydrogen) atoms. The highest BCUT2D eigenvalue weighted by Gasteiger charge is 2.32. The average molecular weight is 315 g/mol. The molecule has 0 fully saturated rings. The van der Waals surface area contributed by atoms with E-state index >= 15 is 0 Å². The number of ether oxygens (including phenoxy) is 2. The van der Waals surface area contributed by atoms with Gasteiger partial charge in [-0.05, 0) is 24.6 Å². The maximum absolute atomic E-state index is 12.3. The van der Waals surface area contributed by atoms with Crippen LogP contribution in [0, 0.1) is 11.3 Å². The number of rotatable bonds is 5. The van der Waals surface area contributed by atoms with Crippen molar-refractivity contribution in [2.24, 2.45) is 0 Å². The zero-order valence-electron chi connectivity index (χ0n) is 12.9. The van der Waals surface area contributed by atoms with E-state index in [4.69, 9.17) is 14.7 Å². The number of benzene rings is 1. The van der Waals surface area contributed by atoms with Crippen molar-refractivity contribution in [3.63, 3.8) is 0 Å². The smallest absolute Gasteiger partial charge is 0.338 e. The number of carbonyl (C=O) groups is 2. The molecule has 0 saturated carbocycles. The lowest BCUT2D eigenvalue weighted by Gasteiger charge is -2.28. The van der Waals surface area contributed by atoms with Crippen LogP contribution in [0.4, 0.5) is 4.79 Å². The monoisotopic (exact) mass is 315 g/mol. The van der Waals surface area contributed by atoms with Crippen LogP contribution < -0.4 is 15.4 Å². The molecule has 0 radical (unpaired) electrons. The van der Waals surface area contributed by atoms with Gasteiger partial charge in [0, 0.05) is 5.70 Å². The largest absolute Gasteiger partial charge is 0.497 e. The van der Waals surface area contributed by atoms with E-state index in [1.807, 2.05) is 6.07 Å². The Kier molecular flexibility index (Phi) is 5.20. The Morgan fingerprint density at radius 1 is 1.43 bits per heavy atom. The molecular weight excluding hydrogens is 298 g/mol. The molecule has 2 rings (SSSR count). The lowest BCUT2D eigenvalue weighted by atomic mass is 9.95. The van der Waals surface area contributed by atoms with E-state index in [1.54, 1.807) is 31.2 Å². The third-order valence-corrected chi connectivity index (χ3v) is 3.36. The maximum atomic E-state index is 12.3. The first-order valence-corrected chi connectivity index (χ1v) is 7.03. The number of methoxy groups -OCH3 is 1. The van der Waals surface area contributed by atoms with Crippen LogP contribution >= 0.6 is 0 Å². The summed E-state index contributed by atoms with van der Waals surface area (Å²) in [6.07, 6.45) is 0.113. The van der Waals surface area contributed by atoms with Gasteiger partial charge in [0.2, 0.25) is 0 Å². The van der Waals surface area contributed by atoms with Gasteiger partial charge in [0.1, 0.15) is 12.4 Å². The number of nitrogens with zero attached hydrogens (tertiary/aromatic N) is 1. The second-order valence-electron chi connectivity index (χ2n) is 4.89. The number of carbonyl (C=O) groups excluding carboxylic acids is 2. The van der Waals surface area contributed by atoms with Gasteiger partial charge in [-0.1, -0.05) is 12.1 Å². The number of esters is 1. The lowest BCUT2D eigenvalue weighted by Crippen LogP contribution is -2.45. The van der Waals surface area contributed by atoms with Gasteiger partial charge >= 0.3 is 12.0 Å². The van der Waals surface area contributed by atoms with E-state index in [1.165, 1.54) is 7.11 Å². The molecule has 2 amide bonds. The predicted octanol–water partition coefficient (Wildman–Crippen LogP) is 1.78. The molecule has 0 saturated heterocycles. The van der Waals surface area contributed by atoms with E-state index in [9.17, 15) is 9.59 Å². The molecule has 1 heterocycles. The van der Waals surface area contributed by atoms with Crippen molar-refractivity contribution in [2.45, 2.75) is 19.4 Å². The van der Waals surface area contributed by atoms with Crippen LogP contribution in [0.2, 0.25) is 0 Å². The van der Waals surface area contributed by atoms with E-state index < -0.39 is 18.0 Å². The summed E-state index contributed by atoms with van der Waals surface area (Å²) in [5.41, 5.74) is 1.42. The highest BCUT2D eigenvalue weighted by molar-refractivity contribution is 5.95. The second kappa shape index (κ2) is 7.31. The minimum atomic E-state index is -0.645. The Morgan fingerprint density at radius 3 is 2.91 bits per heavy atom. The molecule has 1 aromatic rings. The fourth-order valence-electron chi connectivity index (χ4n) is 2.30. The minimum absolute atomic E-state index is 0.00485. The molecule has 0 spiro atoms. The van der Waals surface area contributed by atoms with E-state index in [-0.39, 0.29) is 13.0 Å². The molecule has 1 aliphatic heterocycles. The molecule has 7 nitrogen and oxygen atoms in total. The number of allylic oxidation sites excluding steroid dienone is 1. The molecule has 2 N–H and O–H groups in total. The Labute approximate surface area is 133 Å². The van der Waals surface area contributed by atoms with Crippen LogP contribution in [0.5, 0.6) is 5.75 Å². The fraction of sp³-hybridized carbons (Fsp3) is 0.312. The van der Waals surface area contributed by atoms with Crippen LogP contribution in [0.25, 0.3) is 0 Å². The third kappa shape index (κ3) is 3.80. The van der Waals surface area contributed by atoms with Gasteiger partial charge in [0.15, 0.2) is 0 Å². The minimum Gasteiger partial charge on any atom is -0.497 e. The molecule has 0 aliphatic carbocycles. The van der Waals surface area contributed by atoms with Crippen molar-refractivity contribution in [1.82, 2.24) is 10.6 Å². The lowest BCUT2D eigenvalue weighted by molar-refractivity contribution is -0.139. The second-order valence-corrected chi connectivity index (χ2v) is 4.89. The van der Waals surface area contributed by atoms with Crippen LogP contribution in [0.15, 0.2) is 35.5 Å². The molecule has 7 heteroatoms. The summed E-state index contributed by atoms with van der Waals surface area (Å²) < 4.78 is 10.3. The number of amides is 2. The van der Waals surface area contributed by atoms with E-state index in [0.717, 1.165) is 0 Å². The Morgan fingerprint density at radius 2 is 2.22 bits per heavy atom. The summed E-state index contributed by atoms with van der Waals surface area (Å²) in [6, 6.07) is 7.94. The summed E-state index contributed by atoms with van der Waals surface area (Å²) in [5.74, 6) is 0.0446. The first-order chi connectivity index (χ1) is 11.1. The van der Waals surface area contributed by atoms with Gasteiger partial charge in [-0.25, -0.2) is 9.59 Å². The topological polar surface area (TPSA) is 100 Å². The van der Waals surface area contributed by atoms with Crippen molar-refractivity contribution in [3.05, 3.63) is 41.1 Å². The summed E-state index contributed by atoms with van der Waals surface area (Å²) in [6.45, 7) is 1.64. The van der Waals surface area contributed by atoms with Crippen molar-refractivity contribution >= 4 is 12.0 Å². The molecule has 1 unspecified atom stereocenters. The van der Waals surface area contributed by atoms with Gasteiger partial charge in [-0.15, -0.1) is 0 Å². The molecule has 0 aromatic heterocycles. The van der Waals surface area contributed by atoms with Crippen LogP contribution in [0.3, 0.4) is 0 Å². The Balaban J connectivity index is 2.34. The molecule has 1 atom stereocenters. The normalized spacial score (nSPS) is 16.9. The number of nitrogens with one attached hydrogen (secondary N) is 2. The first kappa shape index (κ1) is 16.4. The molecule has 120 valence electrons. The van der Waals surface area contributed by atoms with Crippen LogP contribution in [0.1, 0.15) is 24.9 Å². The van der Waals surface area contributed by atoms with E-state index in [0.29, 0.717) is 22.6 Å². The number of urea groups is 1.